The summed E-state index contributed by atoms with van der Waals surface area (Å²) < 4.78 is 5.80. The SMILES string of the molecule is CC1=C(C(C)(C)C)/C(=C\C=C\CC2=C(C)CCCC2(C)C)OC=C1. The van der Waals surface area contributed by atoms with Gasteiger partial charge >= 0.3 is 0 Å². The Morgan fingerprint density at radius 3 is 2.54 bits per heavy atom. The van der Waals surface area contributed by atoms with Crippen LogP contribution in [0.3, 0.4) is 0 Å². The molecule has 0 unspecified atom stereocenters. The molecule has 0 aromatic rings. The molecule has 1 nitrogen and oxygen atoms in total. The maximum absolute atomic E-state index is 5.80. The van der Waals surface area contributed by atoms with Gasteiger partial charge in [0.2, 0.25) is 0 Å². The molecule has 0 fully saturated rings. The van der Waals surface area contributed by atoms with Crippen LogP contribution in [0.2, 0.25) is 0 Å². The summed E-state index contributed by atoms with van der Waals surface area (Å²) in [4.78, 5) is 0. The predicted molar refractivity (Wildman–Crippen MR) is 105 cm³/mol. The molecule has 0 saturated heterocycles. The number of rotatable bonds is 3. The van der Waals surface area contributed by atoms with E-state index in [0.717, 1.165) is 12.2 Å². The Morgan fingerprint density at radius 2 is 1.92 bits per heavy atom. The highest BCUT2D eigenvalue weighted by molar-refractivity contribution is 5.43. The first kappa shape index (κ1) is 18.8. The lowest BCUT2D eigenvalue weighted by atomic mass is 9.71. The van der Waals surface area contributed by atoms with E-state index >= 15 is 0 Å². The molecule has 0 saturated carbocycles. The molecule has 0 N–H and O–H groups in total. The average Bonchev–Trinajstić information content (AvgIpc) is 2.44. The molecule has 2 rings (SSSR count). The Hall–Kier alpha value is -1.50. The zero-order chi connectivity index (χ0) is 18.0. The number of ether oxygens (including phenoxy) is 1. The van der Waals surface area contributed by atoms with Crippen LogP contribution in [0.25, 0.3) is 0 Å². The van der Waals surface area contributed by atoms with E-state index in [1.165, 1.54) is 30.4 Å². The molecule has 0 atom stereocenters. The zero-order valence-corrected chi connectivity index (χ0v) is 16.6. The van der Waals surface area contributed by atoms with Crippen molar-refractivity contribution < 1.29 is 4.74 Å². The third-order valence-corrected chi connectivity index (χ3v) is 5.30. The molecule has 0 amide bonds. The second kappa shape index (κ2) is 7.17. The highest BCUT2D eigenvalue weighted by Crippen LogP contribution is 2.42. The van der Waals surface area contributed by atoms with E-state index < -0.39 is 0 Å². The van der Waals surface area contributed by atoms with Crippen LogP contribution in [0.5, 0.6) is 0 Å². The summed E-state index contributed by atoms with van der Waals surface area (Å²) in [7, 11) is 0. The average molecular weight is 327 g/mol. The van der Waals surface area contributed by atoms with Crippen LogP contribution >= 0.6 is 0 Å². The Bertz CT molecular complexity index is 627. The van der Waals surface area contributed by atoms with Gasteiger partial charge in [0.1, 0.15) is 5.76 Å². The van der Waals surface area contributed by atoms with Gasteiger partial charge < -0.3 is 4.74 Å². The van der Waals surface area contributed by atoms with Crippen LogP contribution in [-0.4, -0.2) is 0 Å². The Morgan fingerprint density at radius 1 is 1.21 bits per heavy atom. The fourth-order valence-electron chi connectivity index (χ4n) is 4.10. The van der Waals surface area contributed by atoms with E-state index in [-0.39, 0.29) is 5.41 Å². The summed E-state index contributed by atoms with van der Waals surface area (Å²) >= 11 is 0. The molecule has 0 aromatic heterocycles. The van der Waals surface area contributed by atoms with Crippen molar-refractivity contribution in [3.63, 3.8) is 0 Å². The maximum atomic E-state index is 5.80. The van der Waals surface area contributed by atoms with Gasteiger partial charge in [-0.3, -0.25) is 0 Å². The van der Waals surface area contributed by atoms with Crippen molar-refractivity contribution in [2.75, 3.05) is 0 Å². The molecule has 24 heavy (non-hydrogen) atoms. The molecule has 0 spiro atoms. The number of hydrogen-bond acceptors (Lipinski definition) is 1. The van der Waals surface area contributed by atoms with Gasteiger partial charge in [-0.1, -0.05) is 57.9 Å². The van der Waals surface area contributed by atoms with Gasteiger partial charge in [-0.15, -0.1) is 0 Å². The van der Waals surface area contributed by atoms with Crippen molar-refractivity contribution >= 4 is 0 Å². The smallest absolute Gasteiger partial charge is 0.130 e. The van der Waals surface area contributed by atoms with E-state index in [1.807, 2.05) is 0 Å². The van der Waals surface area contributed by atoms with E-state index in [1.54, 1.807) is 17.4 Å². The molecule has 1 aliphatic carbocycles. The van der Waals surface area contributed by atoms with Gasteiger partial charge in [-0.2, -0.15) is 0 Å². The molecule has 1 heterocycles. The van der Waals surface area contributed by atoms with Crippen molar-refractivity contribution in [3.8, 4) is 0 Å². The lowest BCUT2D eigenvalue weighted by Crippen LogP contribution is -2.19. The predicted octanol–water partition coefficient (Wildman–Crippen LogP) is 7.25. The summed E-state index contributed by atoms with van der Waals surface area (Å²) in [6.07, 6.45) is 15.4. The maximum Gasteiger partial charge on any atom is 0.130 e. The molecular formula is C23H34O. The van der Waals surface area contributed by atoms with Gasteiger partial charge in [-0.25, -0.2) is 0 Å². The lowest BCUT2D eigenvalue weighted by Gasteiger charge is -2.34. The Labute approximate surface area is 148 Å². The van der Waals surface area contributed by atoms with E-state index in [2.05, 4.69) is 72.8 Å². The minimum absolute atomic E-state index is 0.0823. The molecule has 0 bridgehead atoms. The third kappa shape index (κ3) is 4.32. The van der Waals surface area contributed by atoms with E-state index in [9.17, 15) is 0 Å². The minimum atomic E-state index is 0.0823. The first-order chi connectivity index (χ1) is 11.1. The molecule has 0 aromatic carbocycles. The third-order valence-electron chi connectivity index (χ3n) is 5.30. The molecular weight excluding hydrogens is 292 g/mol. The van der Waals surface area contributed by atoms with Gasteiger partial charge in [0, 0.05) is 5.57 Å². The number of allylic oxidation sites excluding steroid dienone is 8. The van der Waals surface area contributed by atoms with E-state index in [4.69, 9.17) is 4.74 Å². The second-order valence-corrected chi connectivity index (χ2v) is 8.89. The minimum Gasteiger partial charge on any atom is -0.465 e. The standard InChI is InChI=1S/C23H34O/c1-17-11-10-15-23(6,7)19(17)12-8-9-13-20-21(22(3,4)5)18(2)14-16-24-20/h8-9,13-14,16H,10-12,15H2,1-7H3/b9-8+,20-13+. The molecule has 0 radical (unpaired) electrons. The van der Waals surface area contributed by atoms with Crippen molar-refractivity contribution in [3.05, 3.63) is 58.6 Å². The molecule has 132 valence electrons. The Balaban J connectivity index is 2.16. The van der Waals surface area contributed by atoms with Gasteiger partial charge in [0.25, 0.3) is 0 Å². The summed E-state index contributed by atoms with van der Waals surface area (Å²) in [5.74, 6) is 0.979. The quantitative estimate of drug-likeness (QED) is 0.496. The highest BCUT2D eigenvalue weighted by Gasteiger charge is 2.27. The first-order valence-corrected chi connectivity index (χ1v) is 9.24. The topological polar surface area (TPSA) is 9.23 Å². The van der Waals surface area contributed by atoms with Gasteiger partial charge in [-0.05, 0) is 68.1 Å². The van der Waals surface area contributed by atoms with E-state index in [0.29, 0.717) is 5.41 Å². The summed E-state index contributed by atoms with van der Waals surface area (Å²) in [5, 5.41) is 0. The first-order valence-electron chi connectivity index (χ1n) is 9.24. The highest BCUT2D eigenvalue weighted by atomic mass is 16.5. The fourth-order valence-corrected chi connectivity index (χ4v) is 4.10. The normalized spacial score (nSPS) is 23.4. The van der Waals surface area contributed by atoms with Crippen LogP contribution < -0.4 is 0 Å². The van der Waals surface area contributed by atoms with Crippen LogP contribution in [0.4, 0.5) is 0 Å². The summed E-state index contributed by atoms with van der Waals surface area (Å²) in [6, 6.07) is 0. The van der Waals surface area contributed by atoms with Crippen LogP contribution in [0.15, 0.2) is 58.6 Å². The van der Waals surface area contributed by atoms with Crippen LogP contribution in [-0.2, 0) is 4.74 Å². The van der Waals surface area contributed by atoms with Crippen molar-refractivity contribution in [2.45, 2.75) is 74.1 Å². The molecule has 1 aliphatic heterocycles. The number of hydrogen-bond donors (Lipinski definition) is 0. The fraction of sp³-hybridized carbons (Fsp3) is 0.565. The van der Waals surface area contributed by atoms with Crippen molar-refractivity contribution in [1.82, 2.24) is 0 Å². The van der Waals surface area contributed by atoms with Gasteiger partial charge in [0.05, 0.1) is 6.26 Å². The monoisotopic (exact) mass is 326 g/mol. The Kier molecular flexibility index (Phi) is 5.63. The summed E-state index contributed by atoms with van der Waals surface area (Å²) in [5.41, 5.74) is 6.22. The molecule has 1 heteroatoms. The molecule has 2 aliphatic rings. The second-order valence-electron chi connectivity index (χ2n) is 8.89. The van der Waals surface area contributed by atoms with Gasteiger partial charge in [0.15, 0.2) is 0 Å². The van der Waals surface area contributed by atoms with Crippen LogP contribution in [0.1, 0.15) is 74.1 Å². The van der Waals surface area contributed by atoms with Crippen molar-refractivity contribution in [1.29, 1.82) is 0 Å². The van der Waals surface area contributed by atoms with Crippen LogP contribution in [0, 0.1) is 10.8 Å². The summed E-state index contributed by atoms with van der Waals surface area (Å²) in [6.45, 7) is 16.0. The largest absolute Gasteiger partial charge is 0.465 e. The lowest BCUT2D eigenvalue weighted by molar-refractivity contribution is 0.325. The zero-order valence-electron chi connectivity index (χ0n) is 16.6. The van der Waals surface area contributed by atoms with Crippen molar-refractivity contribution in [2.24, 2.45) is 10.8 Å².